The van der Waals surface area contributed by atoms with E-state index in [9.17, 15) is 9.59 Å². The Morgan fingerprint density at radius 2 is 1.82 bits per heavy atom. The minimum Gasteiger partial charge on any atom is -0.462 e. The molecule has 0 fully saturated rings. The Morgan fingerprint density at radius 3 is 2.54 bits per heavy atom. The van der Waals surface area contributed by atoms with Crippen LogP contribution in [-0.2, 0) is 4.74 Å². The minimum absolute atomic E-state index is 0.246. The fraction of sp³-hybridized carbons (Fsp3) is 0.100. The molecule has 1 aromatic heterocycles. The number of halogens is 1. The van der Waals surface area contributed by atoms with Gasteiger partial charge in [-0.05, 0) is 37.3 Å². The number of esters is 1. The molecule has 3 rings (SSSR count). The second-order valence-electron chi connectivity index (χ2n) is 5.65. The lowest BCUT2D eigenvalue weighted by Crippen LogP contribution is -2.16. The standard InChI is InChI=1S/C20H17ClN4O3/c1-2-28-19(27)16-8-3-4-9-17(16)25-18(26)13-11-22-20(23-12-13)24-15-7-5-6-14(21)10-15/h3-12H,2H2,1H3,(H,25,26)(H,22,23,24). The third-order valence-electron chi connectivity index (χ3n) is 3.67. The second kappa shape index (κ2) is 8.96. The smallest absolute Gasteiger partial charge is 0.340 e. The molecule has 0 bridgehead atoms. The number of hydrogen-bond acceptors (Lipinski definition) is 6. The van der Waals surface area contributed by atoms with E-state index in [2.05, 4.69) is 20.6 Å². The van der Waals surface area contributed by atoms with Gasteiger partial charge in [-0.15, -0.1) is 0 Å². The van der Waals surface area contributed by atoms with E-state index in [1.54, 1.807) is 49.4 Å². The molecule has 142 valence electrons. The number of carbonyl (C=O) groups excluding carboxylic acids is 2. The van der Waals surface area contributed by atoms with Crippen LogP contribution in [-0.4, -0.2) is 28.5 Å². The number of amides is 1. The Labute approximate surface area is 166 Å². The minimum atomic E-state index is -0.504. The van der Waals surface area contributed by atoms with Gasteiger partial charge in [0.25, 0.3) is 5.91 Å². The molecule has 2 aromatic carbocycles. The van der Waals surface area contributed by atoms with Crippen molar-refractivity contribution in [1.29, 1.82) is 0 Å². The highest BCUT2D eigenvalue weighted by Crippen LogP contribution is 2.19. The van der Waals surface area contributed by atoms with Gasteiger partial charge in [0.1, 0.15) is 0 Å². The maximum atomic E-state index is 12.5. The molecule has 7 nitrogen and oxygen atoms in total. The Hall–Kier alpha value is -3.45. The topological polar surface area (TPSA) is 93.2 Å². The molecule has 0 aliphatic carbocycles. The molecule has 0 saturated heterocycles. The Morgan fingerprint density at radius 1 is 1.07 bits per heavy atom. The number of benzene rings is 2. The molecule has 1 heterocycles. The van der Waals surface area contributed by atoms with Gasteiger partial charge in [-0.1, -0.05) is 29.8 Å². The molecule has 3 aromatic rings. The van der Waals surface area contributed by atoms with Gasteiger partial charge in [0.2, 0.25) is 5.95 Å². The van der Waals surface area contributed by atoms with E-state index in [0.717, 1.165) is 5.69 Å². The van der Waals surface area contributed by atoms with Gasteiger partial charge in [-0.2, -0.15) is 0 Å². The molecule has 2 N–H and O–H groups in total. The molecule has 0 spiro atoms. The summed E-state index contributed by atoms with van der Waals surface area (Å²) < 4.78 is 5.00. The average molecular weight is 397 g/mol. The highest BCUT2D eigenvalue weighted by Gasteiger charge is 2.15. The number of nitrogens with zero attached hydrogens (tertiary/aromatic N) is 2. The Kier molecular flexibility index (Phi) is 6.18. The summed E-state index contributed by atoms with van der Waals surface area (Å²) in [6.45, 7) is 1.96. The van der Waals surface area contributed by atoms with Crippen LogP contribution in [0.2, 0.25) is 5.02 Å². The van der Waals surface area contributed by atoms with Crippen LogP contribution in [0.15, 0.2) is 60.9 Å². The average Bonchev–Trinajstić information content (AvgIpc) is 2.69. The van der Waals surface area contributed by atoms with E-state index in [0.29, 0.717) is 16.7 Å². The van der Waals surface area contributed by atoms with Crippen molar-refractivity contribution in [3.63, 3.8) is 0 Å². The molecular formula is C20H17ClN4O3. The van der Waals surface area contributed by atoms with Crippen LogP contribution in [0.3, 0.4) is 0 Å². The maximum absolute atomic E-state index is 12.5. The molecule has 0 aliphatic heterocycles. The van der Waals surface area contributed by atoms with Gasteiger partial charge in [-0.3, -0.25) is 4.79 Å². The number of aromatic nitrogens is 2. The maximum Gasteiger partial charge on any atom is 0.340 e. The third kappa shape index (κ3) is 4.83. The fourth-order valence-corrected chi connectivity index (χ4v) is 2.57. The van der Waals surface area contributed by atoms with Crippen molar-refractivity contribution in [2.75, 3.05) is 17.2 Å². The van der Waals surface area contributed by atoms with Crippen LogP contribution in [0.4, 0.5) is 17.3 Å². The zero-order valence-corrected chi connectivity index (χ0v) is 15.7. The fourth-order valence-electron chi connectivity index (χ4n) is 2.38. The van der Waals surface area contributed by atoms with Crippen LogP contribution in [0.25, 0.3) is 0 Å². The molecule has 0 radical (unpaired) electrons. The van der Waals surface area contributed by atoms with E-state index < -0.39 is 11.9 Å². The SMILES string of the molecule is CCOC(=O)c1ccccc1NC(=O)c1cnc(Nc2cccc(Cl)c2)nc1. The number of rotatable bonds is 6. The summed E-state index contributed by atoms with van der Waals surface area (Å²) in [5.74, 6) is -0.618. The number of ether oxygens (including phenoxy) is 1. The molecule has 1 amide bonds. The number of anilines is 3. The van der Waals surface area contributed by atoms with Gasteiger partial charge >= 0.3 is 5.97 Å². The summed E-state index contributed by atoms with van der Waals surface area (Å²) in [6, 6.07) is 13.7. The number of hydrogen-bond donors (Lipinski definition) is 2. The Balaban J connectivity index is 1.71. The zero-order chi connectivity index (χ0) is 19.9. The summed E-state index contributed by atoms with van der Waals surface area (Å²) in [7, 11) is 0. The number of nitrogens with one attached hydrogen (secondary N) is 2. The van der Waals surface area contributed by atoms with Gasteiger partial charge < -0.3 is 15.4 Å². The second-order valence-corrected chi connectivity index (χ2v) is 6.09. The summed E-state index contributed by atoms with van der Waals surface area (Å²) in [4.78, 5) is 32.8. The van der Waals surface area contributed by atoms with E-state index in [1.165, 1.54) is 12.4 Å². The number of para-hydroxylation sites is 1. The summed E-state index contributed by atoms with van der Waals surface area (Å²) in [5.41, 5.74) is 1.60. The van der Waals surface area contributed by atoms with E-state index in [4.69, 9.17) is 16.3 Å². The van der Waals surface area contributed by atoms with Crippen molar-refractivity contribution in [2.45, 2.75) is 6.92 Å². The molecule has 8 heteroatoms. The van der Waals surface area contributed by atoms with Crippen molar-refractivity contribution < 1.29 is 14.3 Å². The van der Waals surface area contributed by atoms with Crippen molar-refractivity contribution in [3.8, 4) is 0 Å². The first-order valence-electron chi connectivity index (χ1n) is 8.49. The van der Waals surface area contributed by atoms with E-state index in [-0.39, 0.29) is 17.7 Å². The van der Waals surface area contributed by atoms with Gasteiger partial charge in [0, 0.05) is 23.1 Å². The molecule has 0 atom stereocenters. The number of carbonyl (C=O) groups is 2. The van der Waals surface area contributed by atoms with Crippen LogP contribution < -0.4 is 10.6 Å². The molecule has 0 aliphatic rings. The van der Waals surface area contributed by atoms with Crippen LogP contribution in [0.1, 0.15) is 27.6 Å². The quantitative estimate of drug-likeness (QED) is 0.603. The first-order valence-corrected chi connectivity index (χ1v) is 8.86. The van der Waals surface area contributed by atoms with E-state index >= 15 is 0 Å². The lowest BCUT2D eigenvalue weighted by atomic mass is 10.1. The highest BCUT2D eigenvalue weighted by atomic mass is 35.5. The molecule has 28 heavy (non-hydrogen) atoms. The van der Waals surface area contributed by atoms with Crippen molar-refractivity contribution in [2.24, 2.45) is 0 Å². The summed E-state index contributed by atoms with van der Waals surface area (Å²) in [5, 5.41) is 6.27. The summed E-state index contributed by atoms with van der Waals surface area (Å²) >= 11 is 5.94. The Bertz CT molecular complexity index is 993. The highest BCUT2D eigenvalue weighted by molar-refractivity contribution is 6.30. The third-order valence-corrected chi connectivity index (χ3v) is 3.90. The lowest BCUT2D eigenvalue weighted by molar-refractivity contribution is 0.0527. The predicted molar refractivity (Wildman–Crippen MR) is 107 cm³/mol. The van der Waals surface area contributed by atoms with Crippen LogP contribution >= 0.6 is 11.6 Å². The largest absolute Gasteiger partial charge is 0.462 e. The van der Waals surface area contributed by atoms with Gasteiger partial charge in [-0.25, -0.2) is 14.8 Å². The lowest BCUT2D eigenvalue weighted by Gasteiger charge is -2.10. The zero-order valence-electron chi connectivity index (χ0n) is 15.0. The van der Waals surface area contributed by atoms with Crippen LogP contribution in [0.5, 0.6) is 0 Å². The van der Waals surface area contributed by atoms with Gasteiger partial charge in [0.15, 0.2) is 0 Å². The van der Waals surface area contributed by atoms with Crippen molar-refractivity contribution >= 4 is 40.8 Å². The van der Waals surface area contributed by atoms with E-state index in [1.807, 2.05) is 6.07 Å². The summed E-state index contributed by atoms with van der Waals surface area (Å²) in [6.07, 6.45) is 2.78. The molecule has 0 saturated carbocycles. The predicted octanol–water partition coefficient (Wildman–Crippen LogP) is 4.30. The van der Waals surface area contributed by atoms with Crippen molar-refractivity contribution in [3.05, 3.63) is 77.1 Å². The van der Waals surface area contributed by atoms with Crippen molar-refractivity contribution in [1.82, 2.24) is 9.97 Å². The van der Waals surface area contributed by atoms with Crippen LogP contribution in [0, 0.1) is 0 Å². The molecule has 0 unspecified atom stereocenters. The monoisotopic (exact) mass is 396 g/mol. The normalized spacial score (nSPS) is 10.2. The van der Waals surface area contributed by atoms with Gasteiger partial charge in [0.05, 0.1) is 23.4 Å². The molecular weight excluding hydrogens is 380 g/mol. The first-order chi connectivity index (χ1) is 13.6. The first kappa shape index (κ1) is 19.3.